The van der Waals surface area contributed by atoms with Gasteiger partial charge in [-0.15, -0.1) is 0 Å². The average molecular weight is 410 g/mol. The zero-order valence-electron chi connectivity index (χ0n) is 15.2. The third kappa shape index (κ3) is 8.01. The van der Waals surface area contributed by atoms with Gasteiger partial charge in [0.2, 0.25) is 0 Å². The standard InChI is InChI=1S/C20H24ClNO4S/c1-27(24,25)19(14-17-9-5-10-18(21)13-17)11-6-12-22-20(23)26-15-16-7-3-2-4-8-16/h2-5,7-10,13,19H,6,11-12,14-15H2,1H3,(H,22,23). The van der Waals surface area contributed by atoms with Crippen molar-refractivity contribution >= 4 is 27.5 Å². The Hall–Kier alpha value is -2.05. The topological polar surface area (TPSA) is 72.5 Å². The number of halogens is 1. The lowest BCUT2D eigenvalue weighted by Gasteiger charge is -2.15. The maximum atomic E-state index is 12.1. The van der Waals surface area contributed by atoms with Crippen LogP contribution in [0.2, 0.25) is 5.02 Å². The summed E-state index contributed by atoms with van der Waals surface area (Å²) in [5.41, 5.74) is 1.79. The van der Waals surface area contributed by atoms with E-state index in [1.165, 1.54) is 6.26 Å². The molecule has 0 saturated carbocycles. The molecule has 1 N–H and O–H groups in total. The van der Waals surface area contributed by atoms with Crippen LogP contribution in [0.25, 0.3) is 0 Å². The molecular weight excluding hydrogens is 386 g/mol. The first-order valence-corrected chi connectivity index (χ1v) is 11.1. The fraction of sp³-hybridized carbons (Fsp3) is 0.350. The summed E-state index contributed by atoms with van der Waals surface area (Å²) < 4.78 is 29.3. The maximum Gasteiger partial charge on any atom is 0.407 e. The summed E-state index contributed by atoms with van der Waals surface area (Å²) in [6, 6.07) is 16.6. The molecule has 146 valence electrons. The predicted octanol–water partition coefficient (Wildman–Crippen LogP) is 4.00. The number of hydrogen-bond donors (Lipinski definition) is 1. The average Bonchev–Trinajstić information content (AvgIpc) is 2.62. The van der Waals surface area contributed by atoms with Crippen LogP contribution >= 0.6 is 11.6 Å². The molecule has 0 aromatic heterocycles. The summed E-state index contributed by atoms with van der Waals surface area (Å²) in [7, 11) is -3.21. The van der Waals surface area contributed by atoms with Crippen LogP contribution in [-0.2, 0) is 27.6 Å². The van der Waals surface area contributed by atoms with Crippen molar-refractivity contribution in [1.29, 1.82) is 0 Å². The molecule has 0 aliphatic heterocycles. The molecule has 2 aromatic carbocycles. The van der Waals surface area contributed by atoms with E-state index in [1.54, 1.807) is 18.2 Å². The van der Waals surface area contributed by atoms with Crippen LogP contribution < -0.4 is 5.32 Å². The number of nitrogens with one attached hydrogen (secondary N) is 1. The van der Waals surface area contributed by atoms with Gasteiger partial charge in [-0.25, -0.2) is 13.2 Å². The zero-order chi connectivity index (χ0) is 19.7. The maximum absolute atomic E-state index is 12.1. The molecule has 1 atom stereocenters. The van der Waals surface area contributed by atoms with Crippen molar-refractivity contribution in [3.63, 3.8) is 0 Å². The van der Waals surface area contributed by atoms with Gasteiger partial charge in [-0.3, -0.25) is 0 Å². The van der Waals surface area contributed by atoms with Gasteiger partial charge in [0.05, 0.1) is 5.25 Å². The van der Waals surface area contributed by atoms with Crippen LogP contribution in [0, 0.1) is 0 Å². The molecule has 2 rings (SSSR count). The molecule has 0 aliphatic rings. The van der Waals surface area contributed by atoms with E-state index in [0.29, 0.717) is 30.8 Å². The molecule has 1 amide bonds. The van der Waals surface area contributed by atoms with Crippen LogP contribution in [0.3, 0.4) is 0 Å². The van der Waals surface area contributed by atoms with Gasteiger partial charge in [-0.2, -0.15) is 0 Å². The monoisotopic (exact) mass is 409 g/mol. The molecule has 0 bridgehead atoms. The highest BCUT2D eigenvalue weighted by molar-refractivity contribution is 7.91. The second kappa shape index (κ2) is 10.3. The number of amides is 1. The lowest BCUT2D eigenvalue weighted by atomic mass is 10.1. The lowest BCUT2D eigenvalue weighted by Crippen LogP contribution is -2.28. The number of hydrogen-bond acceptors (Lipinski definition) is 4. The highest BCUT2D eigenvalue weighted by Crippen LogP contribution is 2.17. The lowest BCUT2D eigenvalue weighted by molar-refractivity contribution is 0.139. The summed E-state index contributed by atoms with van der Waals surface area (Å²) >= 11 is 5.97. The van der Waals surface area contributed by atoms with Gasteiger partial charge < -0.3 is 10.1 Å². The Morgan fingerprint density at radius 3 is 2.48 bits per heavy atom. The van der Waals surface area contributed by atoms with Gasteiger partial charge in [0, 0.05) is 17.8 Å². The number of sulfone groups is 1. The number of carbonyl (C=O) groups is 1. The molecule has 2 aromatic rings. The van der Waals surface area contributed by atoms with Crippen LogP contribution in [0.15, 0.2) is 54.6 Å². The fourth-order valence-corrected chi connectivity index (χ4v) is 3.99. The minimum Gasteiger partial charge on any atom is -0.445 e. The van der Waals surface area contributed by atoms with Crippen LogP contribution in [0.1, 0.15) is 24.0 Å². The van der Waals surface area contributed by atoms with E-state index < -0.39 is 21.2 Å². The second-order valence-electron chi connectivity index (χ2n) is 6.42. The highest BCUT2D eigenvalue weighted by Gasteiger charge is 2.21. The minimum absolute atomic E-state index is 0.202. The molecular formula is C20H24ClNO4S. The Bertz CT molecular complexity index is 840. The van der Waals surface area contributed by atoms with E-state index in [4.69, 9.17) is 16.3 Å². The molecule has 1 unspecified atom stereocenters. The summed E-state index contributed by atoms with van der Waals surface area (Å²) in [6.45, 7) is 0.558. The molecule has 0 saturated heterocycles. The molecule has 5 nitrogen and oxygen atoms in total. The molecule has 7 heteroatoms. The molecule has 0 radical (unpaired) electrons. The van der Waals surface area contributed by atoms with Gasteiger partial charge in [-0.1, -0.05) is 54.1 Å². The van der Waals surface area contributed by atoms with E-state index in [0.717, 1.165) is 11.1 Å². The third-order valence-electron chi connectivity index (χ3n) is 4.14. The second-order valence-corrected chi connectivity index (χ2v) is 9.18. The van der Waals surface area contributed by atoms with Crippen molar-refractivity contribution in [3.05, 3.63) is 70.7 Å². The number of ether oxygens (including phenoxy) is 1. The van der Waals surface area contributed by atoms with E-state index in [-0.39, 0.29) is 6.61 Å². The predicted molar refractivity (Wildman–Crippen MR) is 108 cm³/mol. The first kappa shape index (κ1) is 21.3. The first-order chi connectivity index (χ1) is 12.8. The van der Waals surface area contributed by atoms with E-state index in [1.807, 2.05) is 36.4 Å². The molecule has 0 heterocycles. The van der Waals surface area contributed by atoms with Gasteiger partial charge in [0.25, 0.3) is 0 Å². The van der Waals surface area contributed by atoms with Crippen molar-refractivity contribution < 1.29 is 17.9 Å². The quantitative estimate of drug-likeness (QED) is 0.635. The summed E-state index contributed by atoms with van der Waals surface area (Å²) in [6.07, 6.45) is 2.12. The smallest absolute Gasteiger partial charge is 0.407 e. The Labute approximate surface area is 165 Å². The number of alkyl carbamates (subject to hydrolysis) is 1. The third-order valence-corrected chi connectivity index (χ3v) is 5.99. The first-order valence-electron chi connectivity index (χ1n) is 8.72. The van der Waals surface area contributed by atoms with Crippen molar-refractivity contribution in [2.24, 2.45) is 0 Å². The fourth-order valence-electron chi connectivity index (χ4n) is 2.69. The Balaban J connectivity index is 1.75. The minimum atomic E-state index is -3.21. The van der Waals surface area contributed by atoms with Crippen molar-refractivity contribution in [1.82, 2.24) is 5.32 Å². The van der Waals surface area contributed by atoms with Gasteiger partial charge >= 0.3 is 6.09 Å². The number of benzene rings is 2. The SMILES string of the molecule is CS(=O)(=O)C(CCCNC(=O)OCc1ccccc1)Cc1cccc(Cl)c1. The van der Waals surface area contributed by atoms with Crippen LogP contribution in [0.4, 0.5) is 4.79 Å². The van der Waals surface area contributed by atoms with Crippen molar-refractivity contribution in [2.75, 3.05) is 12.8 Å². The molecule has 0 spiro atoms. The van der Waals surface area contributed by atoms with Crippen molar-refractivity contribution in [2.45, 2.75) is 31.1 Å². The van der Waals surface area contributed by atoms with E-state index in [2.05, 4.69) is 5.32 Å². The van der Waals surface area contributed by atoms with E-state index in [9.17, 15) is 13.2 Å². The normalized spacial score (nSPS) is 12.4. The zero-order valence-corrected chi connectivity index (χ0v) is 16.8. The van der Waals surface area contributed by atoms with Gasteiger partial charge in [0.1, 0.15) is 6.61 Å². The van der Waals surface area contributed by atoms with Gasteiger partial charge in [-0.05, 0) is 42.5 Å². The van der Waals surface area contributed by atoms with Crippen molar-refractivity contribution in [3.8, 4) is 0 Å². The Morgan fingerprint density at radius 1 is 1.11 bits per heavy atom. The largest absolute Gasteiger partial charge is 0.445 e. The molecule has 0 aliphatic carbocycles. The van der Waals surface area contributed by atoms with Crippen LogP contribution in [0.5, 0.6) is 0 Å². The summed E-state index contributed by atoms with van der Waals surface area (Å²) in [5, 5.41) is 2.73. The Kier molecular flexibility index (Phi) is 8.13. The molecule has 27 heavy (non-hydrogen) atoms. The highest BCUT2D eigenvalue weighted by atomic mass is 35.5. The molecule has 0 fully saturated rings. The summed E-state index contributed by atoms with van der Waals surface area (Å²) in [4.78, 5) is 11.7. The Morgan fingerprint density at radius 2 is 1.81 bits per heavy atom. The van der Waals surface area contributed by atoms with Crippen LogP contribution in [-0.4, -0.2) is 32.6 Å². The number of carbonyl (C=O) groups excluding carboxylic acids is 1. The van der Waals surface area contributed by atoms with Gasteiger partial charge in [0.15, 0.2) is 9.84 Å². The number of rotatable bonds is 9. The summed E-state index contributed by atoms with van der Waals surface area (Å²) in [5.74, 6) is 0. The van der Waals surface area contributed by atoms with E-state index >= 15 is 0 Å².